The van der Waals surface area contributed by atoms with Gasteiger partial charge in [-0.25, -0.2) is 4.98 Å². The van der Waals surface area contributed by atoms with Crippen LogP contribution in [-0.4, -0.2) is 40.1 Å². The normalized spacial score (nSPS) is 17.9. The molecule has 1 aliphatic heterocycles. The monoisotopic (exact) mass is 320 g/mol. The highest BCUT2D eigenvalue weighted by Gasteiger charge is 2.24. The van der Waals surface area contributed by atoms with Gasteiger partial charge < -0.3 is 14.4 Å². The van der Waals surface area contributed by atoms with E-state index in [0.717, 1.165) is 5.56 Å². The Labute approximate surface area is 133 Å². The summed E-state index contributed by atoms with van der Waals surface area (Å²) in [6.07, 6.45) is 2.72. The molecule has 6 heteroatoms. The largest absolute Gasteiger partial charge is 0.441 e. The third kappa shape index (κ3) is 3.48. The van der Waals surface area contributed by atoms with Crippen LogP contribution in [0.5, 0.6) is 0 Å². The van der Waals surface area contributed by atoms with Crippen LogP contribution in [0.1, 0.15) is 18.7 Å². The van der Waals surface area contributed by atoms with E-state index in [1.165, 1.54) is 0 Å². The Morgan fingerprint density at radius 1 is 1.41 bits per heavy atom. The summed E-state index contributed by atoms with van der Waals surface area (Å²) in [5.41, 5.74) is 0.900. The van der Waals surface area contributed by atoms with E-state index < -0.39 is 0 Å². The number of β-amino-alcohol motifs (C(OH)–C–C–N with tert-alkyl or cyclic N) is 1. The first-order valence-electron chi connectivity index (χ1n) is 7.28. The van der Waals surface area contributed by atoms with Crippen molar-refractivity contribution in [1.82, 2.24) is 9.88 Å². The molecule has 1 N–H and O–H groups in total. The zero-order valence-electron chi connectivity index (χ0n) is 12.0. The van der Waals surface area contributed by atoms with Gasteiger partial charge in [0.2, 0.25) is 5.91 Å². The second kappa shape index (κ2) is 6.50. The number of aryl methyl sites for hydroxylation is 1. The Morgan fingerprint density at radius 3 is 2.86 bits per heavy atom. The third-order valence-electron chi connectivity index (χ3n) is 3.75. The average molecular weight is 321 g/mol. The molecule has 0 bridgehead atoms. The molecular weight excluding hydrogens is 304 g/mol. The summed E-state index contributed by atoms with van der Waals surface area (Å²) < 4.78 is 5.67. The van der Waals surface area contributed by atoms with Crippen molar-refractivity contribution in [2.45, 2.75) is 25.4 Å². The van der Waals surface area contributed by atoms with Gasteiger partial charge in [-0.15, -0.1) is 0 Å². The number of halogens is 1. The summed E-state index contributed by atoms with van der Waals surface area (Å²) in [7, 11) is 0. The minimum atomic E-state index is -0.387. The van der Waals surface area contributed by atoms with E-state index in [2.05, 4.69) is 4.98 Å². The maximum atomic E-state index is 12.0. The van der Waals surface area contributed by atoms with Crippen molar-refractivity contribution in [1.29, 1.82) is 0 Å². The van der Waals surface area contributed by atoms with Gasteiger partial charge in [-0.2, -0.15) is 0 Å². The molecule has 5 nitrogen and oxygen atoms in total. The summed E-state index contributed by atoms with van der Waals surface area (Å²) in [6.45, 7) is 1.06. The lowest BCUT2D eigenvalue weighted by Gasteiger charge is -2.14. The fourth-order valence-electron chi connectivity index (χ4n) is 2.51. The zero-order chi connectivity index (χ0) is 15.5. The predicted octanol–water partition coefficient (Wildman–Crippen LogP) is 2.52. The molecule has 1 saturated heterocycles. The smallest absolute Gasteiger partial charge is 0.223 e. The maximum absolute atomic E-state index is 12.0. The van der Waals surface area contributed by atoms with Gasteiger partial charge in [0.25, 0.3) is 0 Å². The van der Waals surface area contributed by atoms with Gasteiger partial charge >= 0.3 is 0 Å². The van der Waals surface area contributed by atoms with Crippen LogP contribution in [0, 0.1) is 0 Å². The Balaban J connectivity index is 1.58. The number of aromatic nitrogens is 1. The van der Waals surface area contributed by atoms with Gasteiger partial charge in [0.05, 0.1) is 12.3 Å². The van der Waals surface area contributed by atoms with E-state index in [-0.39, 0.29) is 12.0 Å². The highest BCUT2D eigenvalue weighted by atomic mass is 35.5. The number of benzene rings is 1. The Bertz CT molecular complexity index is 654. The predicted molar refractivity (Wildman–Crippen MR) is 82.5 cm³/mol. The SMILES string of the molecule is O=C(CCc1ncc(-c2ccc(Cl)cc2)o1)N1CC[C@@H](O)C1. The average Bonchev–Trinajstić information content (AvgIpc) is 3.15. The number of amides is 1. The second-order valence-corrected chi connectivity index (χ2v) is 5.84. The highest BCUT2D eigenvalue weighted by Crippen LogP contribution is 2.23. The quantitative estimate of drug-likeness (QED) is 0.940. The number of oxazole rings is 1. The molecule has 0 aliphatic carbocycles. The fraction of sp³-hybridized carbons (Fsp3) is 0.375. The zero-order valence-corrected chi connectivity index (χ0v) is 12.8. The summed E-state index contributed by atoms with van der Waals surface area (Å²) in [6, 6.07) is 7.31. The second-order valence-electron chi connectivity index (χ2n) is 5.41. The Morgan fingerprint density at radius 2 is 2.18 bits per heavy atom. The number of nitrogens with zero attached hydrogens (tertiary/aromatic N) is 2. The summed E-state index contributed by atoms with van der Waals surface area (Å²) in [5, 5.41) is 10.1. The van der Waals surface area contributed by atoms with E-state index in [1.807, 2.05) is 12.1 Å². The van der Waals surface area contributed by atoms with Crippen molar-refractivity contribution < 1.29 is 14.3 Å². The lowest BCUT2D eigenvalue weighted by molar-refractivity contribution is -0.130. The molecule has 3 rings (SSSR count). The molecule has 0 unspecified atom stereocenters. The van der Waals surface area contributed by atoms with E-state index in [9.17, 15) is 9.90 Å². The van der Waals surface area contributed by atoms with Crippen LogP contribution in [-0.2, 0) is 11.2 Å². The minimum Gasteiger partial charge on any atom is -0.441 e. The molecule has 2 heterocycles. The van der Waals surface area contributed by atoms with Crippen LogP contribution < -0.4 is 0 Å². The topological polar surface area (TPSA) is 66.6 Å². The van der Waals surface area contributed by atoms with Gasteiger partial charge in [0.15, 0.2) is 11.7 Å². The molecule has 0 radical (unpaired) electrons. The van der Waals surface area contributed by atoms with E-state index in [0.29, 0.717) is 49.0 Å². The van der Waals surface area contributed by atoms with Crippen molar-refractivity contribution in [3.8, 4) is 11.3 Å². The summed E-state index contributed by atoms with van der Waals surface area (Å²) >= 11 is 5.86. The minimum absolute atomic E-state index is 0.0304. The number of hydrogen-bond donors (Lipinski definition) is 1. The van der Waals surface area contributed by atoms with E-state index >= 15 is 0 Å². The molecule has 1 aliphatic rings. The van der Waals surface area contributed by atoms with Gasteiger partial charge in [0.1, 0.15) is 0 Å². The standard InChI is InChI=1S/C16H17ClN2O3/c17-12-3-1-11(2-4-12)14-9-18-15(22-14)5-6-16(21)19-8-7-13(20)10-19/h1-4,9,13,20H,5-8,10H2/t13-/m1/s1. The number of carbonyl (C=O) groups excluding carboxylic acids is 1. The number of aliphatic hydroxyl groups excluding tert-OH is 1. The molecular formula is C16H17ClN2O3. The fourth-order valence-corrected chi connectivity index (χ4v) is 2.64. The molecule has 1 fully saturated rings. The van der Waals surface area contributed by atoms with Gasteiger partial charge in [-0.05, 0) is 30.7 Å². The van der Waals surface area contributed by atoms with Crippen LogP contribution in [0.25, 0.3) is 11.3 Å². The molecule has 2 aromatic rings. The lowest BCUT2D eigenvalue weighted by atomic mass is 10.2. The van der Waals surface area contributed by atoms with Crippen LogP contribution in [0.2, 0.25) is 5.02 Å². The van der Waals surface area contributed by atoms with Crippen molar-refractivity contribution in [2.24, 2.45) is 0 Å². The first-order chi connectivity index (χ1) is 10.6. The number of likely N-dealkylation sites (tertiary alicyclic amines) is 1. The number of hydrogen-bond acceptors (Lipinski definition) is 4. The van der Waals surface area contributed by atoms with Gasteiger partial charge in [-0.3, -0.25) is 4.79 Å². The van der Waals surface area contributed by atoms with Crippen LogP contribution in [0.4, 0.5) is 0 Å². The number of aliphatic hydroxyl groups is 1. The van der Waals surface area contributed by atoms with Gasteiger partial charge in [-0.1, -0.05) is 11.6 Å². The molecule has 1 amide bonds. The first-order valence-corrected chi connectivity index (χ1v) is 7.66. The molecule has 0 saturated carbocycles. The highest BCUT2D eigenvalue weighted by molar-refractivity contribution is 6.30. The molecule has 116 valence electrons. The molecule has 22 heavy (non-hydrogen) atoms. The van der Waals surface area contributed by atoms with Crippen molar-refractivity contribution in [2.75, 3.05) is 13.1 Å². The van der Waals surface area contributed by atoms with Crippen molar-refractivity contribution >= 4 is 17.5 Å². The van der Waals surface area contributed by atoms with Crippen LogP contribution >= 0.6 is 11.6 Å². The number of rotatable bonds is 4. The van der Waals surface area contributed by atoms with E-state index in [4.69, 9.17) is 16.0 Å². The van der Waals surface area contributed by atoms with Gasteiger partial charge in [0, 0.05) is 36.5 Å². The molecule has 1 aromatic carbocycles. The summed E-state index contributed by atoms with van der Waals surface area (Å²) in [4.78, 5) is 17.9. The Kier molecular flexibility index (Phi) is 4.45. The Hall–Kier alpha value is -1.85. The molecule has 1 aromatic heterocycles. The molecule has 0 spiro atoms. The van der Waals surface area contributed by atoms with Crippen molar-refractivity contribution in [3.05, 3.63) is 41.4 Å². The maximum Gasteiger partial charge on any atom is 0.223 e. The summed E-state index contributed by atoms with van der Waals surface area (Å²) in [5.74, 6) is 1.23. The van der Waals surface area contributed by atoms with Crippen molar-refractivity contribution in [3.63, 3.8) is 0 Å². The third-order valence-corrected chi connectivity index (χ3v) is 4.00. The van der Waals surface area contributed by atoms with Crippen LogP contribution in [0.3, 0.4) is 0 Å². The van der Waals surface area contributed by atoms with E-state index in [1.54, 1.807) is 23.2 Å². The first kappa shape index (κ1) is 15.1. The lowest BCUT2D eigenvalue weighted by Crippen LogP contribution is -2.29. The number of carbonyl (C=O) groups is 1. The van der Waals surface area contributed by atoms with Crippen LogP contribution in [0.15, 0.2) is 34.9 Å². The molecule has 1 atom stereocenters.